The first-order chi connectivity index (χ1) is 21.7. The summed E-state index contributed by atoms with van der Waals surface area (Å²) in [6, 6.07) is 9.32. The van der Waals surface area contributed by atoms with E-state index in [1.54, 1.807) is 24.7 Å². The van der Waals surface area contributed by atoms with E-state index < -0.39 is 0 Å². The third kappa shape index (κ3) is 5.82. The van der Waals surface area contributed by atoms with Gasteiger partial charge in [0.15, 0.2) is 5.65 Å². The lowest BCUT2D eigenvalue weighted by Gasteiger charge is -2.37. The second-order valence-corrected chi connectivity index (χ2v) is 11.4. The molecule has 1 aliphatic heterocycles. The largest absolute Gasteiger partial charge is 0.495 e. The normalized spacial score (nSPS) is 16.5. The van der Waals surface area contributed by atoms with E-state index in [0.29, 0.717) is 66.7 Å². The number of methoxy groups -OCH3 is 2. The van der Waals surface area contributed by atoms with Gasteiger partial charge in [0, 0.05) is 59.9 Å². The number of rotatable bonds is 8. The SMILES string of the molecule is C=CC(=O)Nc1cc(N2C[C@@H](C)O[C@@H](C)C2)ccc1Nc1ncc2cc(-c3c(Cl)c(OC)cc(OC)c3Cl)c3nccn3c2n1. The van der Waals surface area contributed by atoms with Gasteiger partial charge in [0.1, 0.15) is 17.1 Å². The minimum Gasteiger partial charge on any atom is -0.495 e. The van der Waals surface area contributed by atoms with Crippen molar-refractivity contribution in [3.05, 3.63) is 71.6 Å². The minimum absolute atomic E-state index is 0.0855. The molecule has 0 spiro atoms. The highest BCUT2D eigenvalue weighted by Crippen LogP contribution is 2.47. The number of amides is 1. The van der Waals surface area contributed by atoms with Crippen LogP contribution in [0.5, 0.6) is 11.5 Å². The molecule has 6 rings (SSSR count). The highest BCUT2D eigenvalue weighted by molar-refractivity contribution is 6.41. The Morgan fingerprint density at radius 1 is 1.02 bits per heavy atom. The van der Waals surface area contributed by atoms with Crippen LogP contribution in [0.1, 0.15) is 13.8 Å². The summed E-state index contributed by atoms with van der Waals surface area (Å²) in [6.07, 6.45) is 6.56. The van der Waals surface area contributed by atoms with Crippen LogP contribution in [0.2, 0.25) is 10.0 Å². The lowest BCUT2D eigenvalue weighted by Crippen LogP contribution is -2.45. The molecule has 1 fully saturated rings. The van der Waals surface area contributed by atoms with Crippen LogP contribution < -0.4 is 25.0 Å². The van der Waals surface area contributed by atoms with Gasteiger partial charge in [-0.15, -0.1) is 0 Å². The zero-order valence-electron chi connectivity index (χ0n) is 25.1. The number of anilines is 4. The van der Waals surface area contributed by atoms with E-state index >= 15 is 0 Å². The number of aromatic nitrogens is 4. The quantitative estimate of drug-likeness (QED) is 0.176. The summed E-state index contributed by atoms with van der Waals surface area (Å²) < 4.78 is 18.7. The predicted molar refractivity (Wildman–Crippen MR) is 178 cm³/mol. The maximum atomic E-state index is 12.4. The summed E-state index contributed by atoms with van der Waals surface area (Å²) in [5.41, 5.74) is 4.47. The summed E-state index contributed by atoms with van der Waals surface area (Å²) in [5, 5.41) is 7.53. The number of imidazole rings is 1. The number of carbonyl (C=O) groups is 1. The Hall–Kier alpha value is -4.58. The molecule has 0 radical (unpaired) electrons. The fourth-order valence-electron chi connectivity index (χ4n) is 5.57. The number of hydrogen-bond acceptors (Lipinski definition) is 9. The molecule has 2 N–H and O–H groups in total. The Labute approximate surface area is 269 Å². The van der Waals surface area contributed by atoms with E-state index in [-0.39, 0.29) is 18.1 Å². The molecule has 45 heavy (non-hydrogen) atoms. The number of nitrogens with zero attached hydrogens (tertiary/aromatic N) is 5. The van der Waals surface area contributed by atoms with Gasteiger partial charge in [0.2, 0.25) is 11.9 Å². The average molecular weight is 649 g/mol. The number of halogens is 2. The summed E-state index contributed by atoms with van der Waals surface area (Å²) in [5.74, 6) is 0.811. The van der Waals surface area contributed by atoms with Crippen LogP contribution in [0.4, 0.5) is 23.0 Å². The van der Waals surface area contributed by atoms with E-state index in [4.69, 9.17) is 42.4 Å². The Bertz CT molecular complexity index is 1910. The van der Waals surface area contributed by atoms with Crippen molar-refractivity contribution in [1.82, 2.24) is 19.4 Å². The van der Waals surface area contributed by atoms with Crippen molar-refractivity contribution in [2.24, 2.45) is 0 Å². The van der Waals surface area contributed by atoms with Gasteiger partial charge in [-0.3, -0.25) is 9.20 Å². The maximum Gasteiger partial charge on any atom is 0.247 e. The molecule has 5 aromatic rings. The lowest BCUT2D eigenvalue weighted by molar-refractivity contribution is -0.111. The number of hydrogen-bond donors (Lipinski definition) is 2. The molecule has 1 saturated heterocycles. The van der Waals surface area contributed by atoms with Gasteiger partial charge in [-0.25, -0.2) is 9.97 Å². The first kappa shape index (κ1) is 30.4. The van der Waals surface area contributed by atoms with Gasteiger partial charge < -0.3 is 29.7 Å². The van der Waals surface area contributed by atoms with Crippen molar-refractivity contribution >= 4 is 68.8 Å². The topological polar surface area (TPSA) is 115 Å². The van der Waals surface area contributed by atoms with Crippen LogP contribution in [-0.2, 0) is 9.53 Å². The molecule has 3 aromatic heterocycles. The van der Waals surface area contributed by atoms with Crippen LogP contribution in [-0.4, -0.2) is 64.8 Å². The fraction of sp³-hybridized carbons (Fsp3) is 0.250. The van der Waals surface area contributed by atoms with Crippen molar-refractivity contribution in [2.75, 3.05) is 42.8 Å². The molecule has 13 heteroatoms. The molecule has 4 heterocycles. The van der Waals surface area contributed by atoms with Crippen LogP contribution in [0, 0.1) is 0 Å². The third-order valence-corrected chi connectivity index (χ3v) is 8.28. The molecule has 2 atom stereocenters. The molecule has 0 aliphatic carbocycles. The van der Waals surface area contributed by atoms with Gasteiger partial charge in [-0.2, -0.15) is 4.98 Å². The van der Waals surface area contributed by atoms with Crippen LogP contribution >= 0.6 is 23.2 Å². The lowest BCUT2D eigenvalue weighted by atomic mass is 10.0. The van der Waals surface area contributed by atoms with Crippen molar-refractivity contribution in [2.45, 2.75) is 26.1 Å². The second kappa shape index (κ2) is 12.4. The Morgan fingerprint density at radius 2 is 1.73 bits per heavy atom. The van der Waals surface area contributed by atoms with E-state index in [1.165, 1.54) is 20.3 Å². The molecular formula is C32H31Cl2N7O4. The molecule has 2 aromatic carbocycles. The number of nitrogens with one attached hydrogen (secondary N) is 2. The van der Waals surface area contributed by atoms with E-state index in [2.05, 4.69) is 32.1 Å². The van der Waals surface area contributed by atoms with E-state index in [1.807, 2.05) is 42.5 Å². The first-order valence-electron chi connectivity index (χ1n) is 14.2. The second-order valence-electron chi connectivity index (χ2n) is 10.6. The van der Waals surface area contributed by atoms with Gasteiger partial charge in [-0.05, 0) is 44.2 Å². The zero-order valence-corrected chi connectivity index (χ0v) is 26.6. The van der Waals surface area contributed by atoms with Gasteiger partial charge in [0.25, 0.3) is 0 Å². The molecule has 0 saturated carbocycles. The van der Waals surface area contributed by atoms with Crippen LogP contribution in [0.3, 0.4) is 0 Å². The predicted octanol–water partition coefficient (Wildman–Crippen LogP) is 6.75. The maximum absolute atomic E-state index is 12.4. The van der Waals surface area contributed by atoms with Gasteiger partial charge in [-0.1, -0.05) is 29.8 Å². The number of pyridine rings is 1. The summed E-state index contributed by atoms with van der Waals surface area (Å²) in [4.78, 5) is 28.6. The third-order valence-electron chi connectivity index (χ3n) is 7.53. The smallest absolute Gasteiger partial charge is 0.247 e. The van der Waals surface area contributed by atoms with Gasteiger partial charge >= 0.3 is 0 Å². The van der Waals surface area contributed by atoms with Crippen molar-refractivity contribution < 1.29 is 19.0 Å². The number of morpholine rings is 1. The summed E-state index contributed by atoms with van der Waals surface area (Å²) >= 11 is 13.5. The molecule has 232 valence electrons. The monoisotopic (exact) mass is 647 g/mol. The molecule has 1 aliphatic rings. The molecular weight excluding hydrogens is 617 g/mol. The average Bonchev–Trinajstić information content (AvgIpc) is 3.52. The van der Waals surface area contributed by atoms with E-state index in [0.717, 1.165) is 18.8 Å². The molecule has 0 unspecified atom stereocenters. The number of carbonyl (C=O) groups excluding carboxylic acids is 1. The molecule has 11 nitrogen and oxygen atoms in total. The van der Waals surface area contributed by atoms with Crippen molar-refractivity contribution in [3.8, 4) is 22.6 Å². The van der Waals surface area contributed by atoms with Crippen LogP contribution in [0.15, 0.2) is 61.6 Å². The minimum atomic E-state index is -0.336. The number of ether oxygens (including phenoxy) is 3. The Balaban J connectivity index is 1.41. The number of benzene rings is 2. The highest BCUT2D eigenvalue weighted by atomic mass is 35.5. The fourth-order valence-corrected chi connectivity index (χ4v) is 6.28. The highest BCUT2D eigenvalue weighted by Gasteiger charge is 2.24. The van der Waals surface area contributed by atoms with Crippen molar-refractivity contribution in [3.63, 3.8) is 0 Å². The molecule has 1 amide bonds. The van der Waals surface area contributed by atoms with Crippen LogP contribution in [0.25, 0.3) is 27.8 Å². The Kier molecular flexibility index (Phi) is 8.41. The van der Waals surface area contributed by atoms with Crippen molar-refractivity contribution in [1.29, 1.82) is 0 Å². The van der Waals surface area contributed by atoms with E-state index in [9.17, 15) is 4.79 Å². The summed E-state index contributed by atoms with van der Waals surface area (Å²) in [7, 11) is 3.05. The first-order valence-corrected chi connectivity index (χ1v) is 14.9. The zero-order chi connectivity index (χ0) is 31.8. The number of fused-ring (bicyclic) bond motifs is 3. The Morgan fingerprint density at radius 3 is 2.40 bits per heavy atom. The summed E-state index contributed by atoms with van der Waals surface area (Å²) in [6.45, 7) is 9.17. The molecule has 0 bridgehead atoms. The standard InChI is InChI=1S/C32H31Cl2N7O4/c1-6-26(42)37-23-12-20(40-15-17(2)45-18(3)16-40)7-8-22(23)38-32-36-14-19-11-21(31-35-9-10-41(31)30(19)39-32)27-28(33)24(43-4)13-25(44-5)29(27)34/h6-14,17-18H,1,15-16H2,2-5H3,(H,37,42)(H,36,38,39)/t17-,18+. The van der Waals surface area contributed by atoms with Gasteiger partial charge in [0.05, 0.1) is 47.8 Å².